The monoisotopic (exact) mass is 288 g/mol. The van der Waals surface area contributed by atoms with Crippen LogP contribution in [-0.4, -0.2) is 22.9 Å². The Morgan fingerprint density at radius 1 is 1.38 bits per heavy atom. The van der Waals surface area contributed by atoms with Gasteiger partial charge in [0.05, 0.1) is 23.9 Å². The molecule has 0 aliphatic heterocycles. The maximum atomic E-state index is 12.1. The fourth-order valence-electron chi connectivity index (χ4n) is 1.65. The fourth-order valence-corrected chi connectivity index (χ4v) is 1.65. The minimum atomic E-state index is -0.579. The Kier molecular flexibility index (Phi) is 3.98. The van der Waals surface area contributed by atoms with Gasteiger partial charge < -0.3 is 15.8 Å². The molecule has 1 amide bonds. The second-order valence-electron chi connectivity index (χ2n) is 4.07. The molecule has 0 aliphatic carbocycles. The van der Waals surface area contributed by atoms with E-state index in [1.807, 2.05) is 0 Å². The highest BCUT2D eigenvalue weighted by atomic mass is 16.6. The van der Waals surface area contributed by atoms with Gasteiger partial charge in [-0.15, -0.1) is 0 Å². The molecule has 2 aromatic rings. The lowest BCUT2D eigenvalue weighted by Crippen LogP contribution is -2.12. The summed E-state index contributed by atoms with van der Waals surface area (Å²) in [6, 6.07) is 7.02. The van der Waals surface area contributed by atoms with Crippen molar-refractivity contribution in [2.75, 3.05) is 18.2 Å². The lowest BCUT2D eigenvalue weighted by molar-refractivity contribution is -0.385. The lowest BCUT2D eigenvalue weighted by Gasteiger charge is -2.07. The molecule has 0 saturated heterocycles. The first-order valence-electron chi connectivity index (χ1n) is 5.86. The Balaban J connectivity index is 2.23. The minimum absolute atomic E-state index is 0.0167. The molecule has 0 saturated carbocycles. The van der Waals surface area contributed by atoms with Crippen LogP contribution in [0, 0.1) is 10.1 Å². The van der Waals surface area contributed by atoms with Gasteiger partial charge in [-0.2, -0.15) is 0 Å². The van der Waals surface area contributed by atoms with E-state index >= 15 is 0 Å². The van der Waals surface area contributed by atoms with Crippen LogP contribution < -0.4 is 15.8 Å². The van der Waals surface area contributed by atoms with Gasteiger partial charge in [-0.25, -0.2) is 4.98 Å². The molecule has 0 fully saturated rings. The molecule has 0 bridgehead atoms. The number of ether oxygens (including phenoxy) is 1. The third kappa shape index (κ3) is 3.24. The first-order chi connectivity index (χ1) is 10.0. The maximum absolute atomic E-state index is 12.1. The summed E-state index contributed by atoms with van der Waals surface area (Å²) in [6.07, 6.45) is 1.41. The fraction of sp³-hybridized carbons (Fsp3) is 0.0769. The Morgan fingerprint density at radius 2 is 2.14 bits per heavy atom. The van der Waals surface area contributed by atoms with E-state index < -0.39 is 10.8 Å². The van der Waals surface area contributed by atoms with Gasteiger partial charge in [-0.05, 0) is 18.2 Å². The van der Waals surface area contributed by atoms with Crippen LogP contribution in [0.4, 0.5) is 17.2 Å². The van der Waals surface area contributed by atoms with Gasteiger partial charge in [0, 0.05) is 17.7 Å². The summed E-state index contributed by atoms with van der Waals surface area (Å²) in [5.74, 6) is -0.0807. The predicted molar refractivity (Wildman–Crippen MR) is 76.3 cm³/mol. The van der Waals surface area contributed by atoms with E-state index in [4.69, 9.17) is 10.5 Å². The van der Waals surface area contributed by atoms with Crippen molar-refractivity contribution >= 4 is 23.1 Å². The Hall–Kier alpha value is -3.16. The van der Waals surface area contributed by atoms with E-state index in [0.29, 0.717) is 11.5 Å². The van der Waals surface area contributed by atoms with Crippen LogP contribution in [0.3, 0.4) is 0 Å². The van der Waals surface area contributed by atoms with Gasteiger partial charge in [-0.1, -0.05) is 0 Å². The van der Waals surface area contributed by atoms with Gasteiger partial charge >= 0.3 is 5.69 Å². The Bertz CT molecular complexity index is 685. The number of nitrogens with one attached hydrogen (secondary N) is 1. The number of pyridine rings is 1. The van der Waals surface area contributed by atoms with Crippen LogP contribution in [0.5, 0.6) is 5.75 Å². The first kappa shape index (κ1) is 14.3. The standard InChI is InChI=1S/C13H12N4O4/c1-21-11-6-8(2-4-10(11)17(19)20)13(18)16-9-3-5-12(14)15-7-9/h2-7H,1H3,(H2,14,15)(H,16,18). The summed E-state index contributed by atoms with van der Waals surface area (Å²) in [4.78, 5) is 26.1. The smallest absolute Gasteiger partial charge is 0.310 e. The van der Waals surface area contributed by atoms with Crippen LogP contribution in [0.25, 0.3) is 0 Å². The minimum Gasteiger partial charge on any atom is -0.490 e. The zero-order valence-corrected chi connectivity index (χ0v) is 11.1. The zero-order chi connectivity index (χ0) is 15.4. The molecular weight excluding hydrogens is 276 g/mol. The molecule has 8 heteroatoms. The topological polar surface area (TPSA) is 120 Å². The maximum Gasteiger partial charge on any atom is 0.310 e. The molecule has 1 aromatic carbocycles. The van der Waals surface area contributed by atoms with Crippen LogP contribution in [0.15, 0.2) is 36.5 Å². The number of hydrogen-bond acceptors (Lipinski definition) is 6. The normalized spacial score (nSPS) is 9.95. The van der Waals surface area contributed by atoms with Crippen molar-refractivity contribution in [1.29, 1.82) is 0 Å². The summed E-state index contributed by atoms with van der Waals surface area (Å²) in [5, 5.41) is 13.4. The number of hydrogen-bond donors (Lipinski definition) is 2. The number of anilines is 2. The van der Waals surface area contributed by atoms with Crippen molar-refractivity contribution in [2.24, 2.45) is 0 Å². The molecule has 0 aliphatic rings. The number of methoxy groups -OCH3 is 1. The quantitative estimate of drug-likeness (QED) is 0.654. The average molecular weight is 288 g/mol. The molecule has 0 atom stereocenters. The highest BCUT2D eigenvalue weighted by Gasteiger charge is 2.17. The molecule has 0 radical (unpaired) electrons. The number of amides is 1. The number of nitrogens with zero attached hydrogens (tertiary/aromatic N) is 2. The van der Waals surface area contributed by atoms with Crippen LogP contribution in [0.1, 0.15) is 10.4 Å². The molecule has 8 nitrogen and oxygen atoms in total. The summed E-state index contributed by atoms with van der Waals surface area (Å²) in [5.41, 5.74) is 5.94. The molecule has 0 unspecified atom stereocenters. The summed E-state index contributed by atoms with van der Waals surface area (Å²) < 4.78 is 4.91. The number of nitrogens with two attached hydrogens (primary N) is 1. The number of aromatic nitrogens is 1. The zero-order valence-electron chi connectivity index (χ0n) is 11.1. The molecular formula is C13H12N4O4. The summed E-state index contributed by atoms with van der Waals surface area (Å²) in [6.45, 7) is 0. The van der Waals surface area contributed by atoms with E-state index in [1.54, 1.807) is 12.1 Å². The highest BCUT2D eigenvalue weighted by Crippen LogP contribution is 2.27. The van der Waals surface area contributed by atoms with Gasteiger partial charge in [-0.3, -0.25) is 14.9 Å². The van der Waals surface area contributed by atoms with Gasteiger partial charge in [0.1, 0.15) is 5.82 Å². The number of nitrogen functional groups attached to an aromatic ring is 1. The Morgan fingerprint density at radius 3 is 2.71 bits per heavy atom. The molecule has 108 valence electrons. The molecule has 1 heterocycles. The molecule has 3 N–H and O–H groups in total. The SMILES string of the molecule is COc1cc(C(=O)Nc2ccc(N)nc2)ccc1[N+](=O)[O-]. The van der Waals surface area contributed by atoms with Crippen molar-refractivity contribution in [3.8, 4) is 5.75 Å². The van der Waals surface area contributed by atoms with Crippen LogP contribution in [0.2, 0.25) is 0 Å². The Labute approximate surface area is 119 Å². The van der Waals surface area contributed by atoms with Crippen molar-refractivity contribution in [3.05, 3.63) is 52.2 Å². The second-order valence-corrected chi connectivity index (χ2v) is 4.07. The third-order valence-corrected chi connectivity index (χ3v) is 2.68. The number of benzene rings is 1. The second kappa shape index (κ2) is 5.87. The number of nitro groups is 1. The molecule has 0 spiro atoms. The molecule has 2 rings (SSSR count). The van der Waals surface area contributed by atoms with Gasteiger partial charge in [0.25, 0.3) is 5.91 Å². The number of nitro benzene ring substituents is 1. The van der Waals surface area contributed by atoms with Gasteiger partial charge in [0.2, 0.25) is 0 Å². The molecule has 21 heavy (non-hydrogen) atoms. The van der Waals surface area contributed by atoms with Crippen molar-refractivity contribution < 1.29 is 14.5 Å². The van der Waals surface area contributed by atoms with E-state index in [0.717, 1.165) is 0 Å². The van der Waals surface area contributed by atoms with Crippen molar-refractivity contribution in [1.82, 2.24) is 4.98 Å². The summed E-state index contributed by atoms with van der Waals surface area (Å²) in [7, 11) is 1.30. The van der Waals surface area contributed by atoms with Crippen LogP contribution in [-0.2, 0) is 0 Å². The largest absolute Gasteiger partial charge is 0.490 e. The lowest BCUT2D eigenvalue weighted by atomic mass is 10.1. The van der Waals surface area contributed by atoms with E-state index in [2.05, 4.69) is 10.3 Å². The van der Waals surface area contributed by atoms with Gasteiger partial charge in [0.15, 0.2) is 5.75 Å². The molecule has 1 aromatic heterocycles. The number of carbonyl (C=O) groups is 1. The highest BCUT2D eigenvalue weighted by molar-refractivity contribution is 6.04. The predicted octanol–water partition coefficient (Wildman–Crippen LogP) is 1.83. The third-order valence-electron chi connectivity index (χ3n) is 2.68. The first-order valence-corrected chi connectivity index (χ1v) is 5.86. The van der Waals surface area contributed by atoms with Crippen LogP contribution >= 0.6 is 0 Å². The number of rotatable bonds is 4. The summed E-state index contributed by atoms with van der Waals surface area (Å²) >= 11 is 0. The van der Waals surface area contributed by atoms with Crippen molar-refractivity contribution in [3.63, 3.8) is 0 Å². The van der Waals surface area contributed by atoms with E-state index in [1.165, 1.54) is 31.5 Å². The van der Waals surface area contributed by atoms with Crippen molar-refractivity contribution in [2.45, 2.75) is 0 Å². The number of carbonyl (C=O) groups excluding carboxylic acids is 1. The average Bonchev–Trinajstić information content (AvgIpc) is 2.48. The van der Waals surface area contributed by atoms with E-state index in [9.17, 15) is 14.9 Å². The van der Waals surface area contributed by atoms with E-state index in [-0.39, 0.29) is 17.0 Å².